The predicted octanol–water partition coefficient (Wildman–Crippen LogP) is 4.71. The number of carbonyl (C=O) groups excluding carboxylic acids is 1. The maximum atomic E-state index is 12.8. The first-order chi connectivity index (χ1) is 14.9. The Labute approximate surface area is 189 Å². The highest BCUT2D eigenvalue weighted by Gasteiger charge is 2.22. The SMILES string of the molecule is CC(C)c1ccc(-n2nnnc2SCC(=O)N(C)C(C)c2nc3ccccc3s2)cc1. The minimum Gasteiger partial charge on any atom is -0.336 e. The van der Waals surface area contributed by atoms with Gasteiger partial charge in [-0.15, -0.1) is 16.4 Å². The third kappa shape index (κ3) is 4.62. The van der Waals surface area contributed by atoms with Gasteiger partial charge >= 0.3 is 0 Å². The standard InChI is InChI=1S/C22H24N6OS2/c1-14(2)16-9-11-17(12-10-16)28-22(24-25-26-28)30-13-20(29)27(4)15(3)21-23-18-7-5-6-8-19(18)31-21/h5-12,14-15H,13H2,1-4H3. The number of benzene rings is 2. The van der Waals surface area contributed by atoms with Gasteiger partial charge in [0.15, 0.2) is 0 Å². The molecule has 0 aliphatic rings. The molecule has 1 unspecified atom stereocenters. The van der Waals surface area contributed by atoms with E-state index in [0.29, 0.717) is 11.1 Å². The second kappa shape index (κ2) is 9.15. The Bertz CT molecular complexity index is 1150. The van der Waals surface area contributed by atoms with Gasteiger partial charge in [0.2, 0.25) is 11.1 Å². The summed E-state index contributed by atoms with van der Waals surface area (Å²) < 4.78 is 2.79. The average Bonchev–Trinajstić information content (AvgIpc) is 3.43. The van der Waals surface area contributed by atoms with E-state index in [1.54, 1.807) is 20.9 Å². The second-order valence-electron chi connectivity index (χ2n) is 7.61. The summed E-state index contributed by atoms with van der Waals surface area (Å²) in [6.07, 6.45) is 0. The van der Waals surface area contributed by atoms with Crippen molar-refractivity contribution in [2.24, 2.45) is 0 Å². The van der Waals surface area contributed by atoms with Crippen molar-refractivity contribution in [3.05, 3.63) is 59.1 Å². The van der Waals surface area contributed by atoms with Crippen LogP contribution in [0.5, 0.6) is 0 Å². The lowest BCUT2D eigenvalue weighted by Crippen LogP contribution is -2.31. The number of thiazole rings is 1. The van der Waals surface area contributed by atoms with Crippen LogP contribution in [0.15, 0.2) is 53.7 Å². The van der Waals surface area contributed by atoms with Gasteiger partial charge in [0.05, 0.1) is 27.7 Å². The third-order valence-electron chi connectivity index (χ3n) is 5.21. The zero-order valence-electron chi connectivity index (χ0n) is 17.9. The van der Waals surface area contributed by atoms with E-state index in [1.165, 1.54) is 17.3 Å². The smallest absolute Gasteiger partial charge is 0.233 e. The molecule has 2 aromatic heterocycles. The van der Waals surface area contributed by atoms with Crippen molar-refractivity contribution in [2.75, 3.05) is 12.8 Å². The zero-order valence-corrected chi connectivity index (χ0v) is 19.5. The van der Waals surface area contributed by atoms with Crippen molar-refractivity contribution in [1.82, 2.24) is 30.1 Å². The highest BCUT2D eigenvalue weighted by molar-refractivity contribution is 7.99. The molecule has 0 aliphatic carbocycles. The van der Waals surface area contributed by atoms with Gasteiger partial charge < -0.3 is 4.90 Å². The summed E-state index contributed by atoms with van der Waals surface area (Å²) in [6, 6.07) is 16.1. The third-order valence-corrected chi connectivity index (χ3v) is 7.32. The van der Waals surface area contributed by atoms with Crippen molar-refractivity contribution in [2.45, 2.75) is 37.9 Å². The molecule has 0 fully saturated rings. The molecule has 0 N–H and O–H groups in total. The number of hydrogen-bond acceptors (Lipinski definition) is 7. The second-order valence-corrected chi connectivity index (χ2v) is 9.61. The number of amides is 1. The van der Waals surface area contributed by atoms with Crippen LogP contribution in [0.2, 0.25) is 0 Å². The van der Waals surface area contributed by atoms with E-state index in [0.717, 1.165) is 20.9 Å². The van der Waals surface area contributed by atoms with E-state index in [-0.39, 0.29) is 17.7 Å². The van der Waals surface area contributed by atoms with Crippen LogP contribution in [-0.2, 0) is 4.79 Å². The number of para-hydroxylation sites is 1. The maximum Gasteiger partial charge on any atom is 0.233 e. The van der Waals surface area contributed by atoms with Crippen LogP contribution in [0.1, 0.15) is 43.3 Å². The fraction of sp³-hybridized carbons (Fsp3) is 0.318. The number of tetrazole rings is 1. The first-order valence-corrected chi connectivity index (χ1v) is 11.9. The molecule has 0 saturated heterocycles. The van der Waals surface area contributed by atoms with Crippen LogP contribution in [0.4, 0.5) is 0 Å². The van der Waals surface area contributed by atoms with Gasteiger partial charge in [-0.3, -0.25) is 4.79 Å². The van der Waals surface area contributed by atoms with Gasteiger partial charge in [0.25, 0.3) is 0 Å². The fourth-order valence-electron chi connectivity index (χ4n) is 3.11. The number of aromatic nitrogens is 5. The molecule has 160 valence electrons. The van der Waals surface area contributed by atoms with Gasteiger partial charge in [0.1, 0.15) is 5.01 Å². The van der Waals surface area contributed by atoms with E-state index < -0.39 is 0 Å². The first-order valence-electron chi connectivity index (χ1n) is 10.1. The number of rotatable bonds is 7. The number of thioether (sulfide) groups is 1. The molecule has 0 aliphatic heterocycles. The summed E-state index contributed by atoms with van der Waals surface area (Å²) in [5.41, 5.74) is 3.10. The molecular formula is C22H24N6OS2. The maximum absolute atomic E-state index is 12.8. The van der Waals surface area contributed by atoms with Crippen molar-refractivity contribution >= 4 is 39.2 Å². The van der Waals surface area contributed by atoms with Gasteiger partial charge in [-0.2, -0.15) is 4.68 Å². The lowest BCUT2D eigenvalue weighted by molar-refractivity contribution is -0.128. The zero-order chi connectivity index (χ0) is 22.0. The van der Waals surface area contributed by atoms with Gasteiger partial charge in [0, 0.05) is 7.05 Å². The molecular weight excluding hydrogens is 428 g/mol. The summed E-state index contributed by atoms with van der Waals surface area (Å²) in [4.78, 5) is 19.3. The molecule has 0 spiro atoms. The molecule has 7 nitrogen and oxygen atoms in total. The minimum atomic E-state index is -0.106. The molecule has 31 heavy (non-hydrogen) atoms. The molecule has 2 aromatic carbocycles. The quantitative estimate of drug-likeness (QED) is 0.378. The van der Waals surface area contributed by atoms with E-state index >= 15 is 0 Å². The summed E-state index contributed by atoms with van der Waals surface area (Å²) >= 11 is 2.95. The molecule has 0 bridgehead atoms. The molecule has 4 aromatic rings. The predicted molar refractivity (Wildman–Crippen MR) is 125 cm³/mol. The van der Waals surface area contributed by atoms with Gasteiger partial charge in [-0.25, -0.2) is 4.98 Å². The van der Waals surface area contributed by atoms with Crippen molar-refractivity contribution < 1.29 is 4.79 Å². The van der Waals surface area contributed by atoms with Gasteiger partial charge in [-0.1, -0.05) is 49.9 Å². The Morgan fingerprint density at radius 1 is 1.13 bits per heavy atom. The topological polar surface area (TPSA) is 76.8 Å². The van der Waals surface area contributed by atoms with Crippen molar-refractivity contribution in [3.8, 4) is 5.69 Å². The summed E-state index contributed by atoms with van der Waals surface area (Å²) in [5.74, 6) is 0.708. The van der Waals surface area contributed by atoms with Crippen LogP contribution < -0.4 is 0 Å². The monoisotopic (exact) mass is 452 g/mol. The average molecular weight is 453 g/mol. The Morgan fingerprint density at radius 3 is 2.58 bits per heavy atom. The largest absolute Gasteiger partial charge is 0.336 e. The van der Waals surface area contributed by atoms with Crippen molar-refractivity contribution in [3.63, 3.8) is 0 Å². The molecule has 1 amide bonds. The molecule has 9 heteroatoms. The molecule has 0 radical (unpaired) electrons. The number of fused-ring (bicyclic) bond motifs is 1. The normalized spacial score (nSPS) is 12.4. The fourth-order valence-corrected chi connectivity index (χ4v) is 4.99. The lowest BCUT2D eigenvalue weighted by Gasteiger charge is -2.23. The van der Waals surface area contributed by atoms with Crippen LogP contribution in [0.3, 0.4) is 0 Å². The van der Waals surface area contributed by atoms with E-state index in [4.69, 9.17) is 0 Å². The van der Waals surface area contributed by atoms with Crippen LogP contribution in [0.25, 0.3) is 15.9 Å². The summed E-state index contributed by atoms with van der Waals surface area (Å²) in [7, 11) is 1.81. The number of nitrogens with zero attached hydrogens (tertiary/aromatic N) is 6. The molecule has 1 atom stereocenters. The van der Waals surface area contributed by atoms with E-state index in [1.807, 2.05) is 44.3 Å². The highest BCUT2D eigenvalue weighted by atomic mass is 32.2. The minimum absolute atomic E-state index is 0.00135. The van der Waals surface area contributed by atoms with Crippen LogP contribution >= 0.6 is 23.1 Å². The van der Waals surface area contributed by atoms with E-state index in [2.05, 4.69) is 52.6 Å². The highest BCUT2D eigenvalue weighted by Crippen LogP contribution is 2.29. The Balaban J connectivity index is 1.42. The molecule has 4 rings (SSSR count). The van der Waals surface area contributed by atoms with Crippen molar-refractivity contribution in [1.29, 1.82) is 0 Å². The molecule has 2 heterocycles. The first kappa shape index (κ1) is 21.5. The number of hydrogen-bond donors (Lipinski definition) is 0. The summed E-state index contributed by atoms with van der Waals surface area (Å²) in [5, 5.41) is 13.5. The Morgan fingerprint density at radius 2 is 1.87 bits per heavy atom. The van der Waals surface area contributed by atoms with E-state index in [9.17, 15) is 4.79 Å². The number of carbonyl (C=O) groups is 1. The van der Waals surface area contributed by atoms with Crippen LogP contribution in [-0.4, -0.2) is 48.8 Å². The van der Waals surface area contributed by atoms with Gasteiger partial charge in [-0.05, 0) is 53.1 Å². The lowest BCUT2D eigenvalue weighted by atomic mass is 10.0. The molecule has 0 saturated carbocycles. The Hall–Kier alpha value is -2.78. The Kier molecular flexibility index (Phi) is 6.33. The summed E-state index contributed by atoms with van der Waals surface area (Å²) in [6.45, 7) is 6.32. The van der Waals surface area contributed by atoms with Crippen LogP contribution in [0, 0.1) is 0 Å².